The first-order valence-electron chi connectivity index (χ1n) is 6.87. The summed E-state index contributed by atoms with van der Waals surface area (Å²) in [6.07, 6.45) is 4.49. The fourth-order valence-electron chi connectivity index (χ4n) is 1.84. The minimum absolute atomic E-state index is 0.434. The van der Waals surface area contributed by atoms with Crippen molar-refractivity contribution in [3.05, 3.63) is 29.2 Å². The van der Waals surface area contributed by atoms with E-state index in [-0.39, 0.29) is 0 Å². The van der Waals surface area contributed by atoms with Gasteiger partial charge in [-0.05, 0) is 38.4 Å². The van der Waals surface area contributed by atoms with E-state index in [1.54, 1.807) is 18.3 Å². The van der Waals surface area contributed by atoms with E-state index in [2.05, 4.69) is 34.3 Å². The van der Waals surface area contributed by atoms with Crippen molar-refractivity contribution >= 4 is 11.6 Å². The summed E-state index contributed by atoms with van der Waals surface area (Å²) in [5, 5.41) is 7.89. The van der Waals surface area contributed by atoms with Gasteiger partial charge in [-0.1, -0.05) is 23.7 Å². The van der Waals surface area contributed by atoms with Crippen molar-refractivity contribution in [2.45, 2.75) is 39.2 Å². The summed E-state index contributed by atoms with van der Waals surface area (Å²) in [6, 6.07) is 3.97. The molecule has 1 atom stereocenters. The second kappa shape index (κ2) is 7.36. The average Bonchev–Trinajstić information content (AvgIpc) is 2.92. The highest BCUT2D eigenvalue weighted by atomic mass is 35.5. The lowest BCUT2D eigenvalue weighted by atomic mass is 10.2. The van der Waals surface area contributed by atoms with Crippen LogP contribution in [-0.4, -0.2) is 27.7 Å². The third-order valence-corrected chi connectivity index (χ3v) is 3.28. The molecule has 0 bridgehead atoms. The van der Waals surface area contributed by atoms with Crippen molar-refractivity contribution in [2.24, 2.45) is 0 Å². The van der Waals surface area contributed by atoms with Crippen LogP contribution in [0, 0.1) is 0 Å². The molecule has 108 valence electrons. The van der Waals surface area contributed by atoms with Crippen molar-refractivity contribution in [2.75, 3.05) is 6.54 Å². The third-order valence-electron chi connectivity index (χ3n) is 2.97. The van der Waals surface area contributed by atoms with E-state index in [0.717, 1.165) is 25.8 Å². The van der Waals surface area contributed by atoms with Gasteiger partial charge in [0.1, 0.15) is 5.69 Å². The van der Waals surface area contributed by atoms with Gasteiger partial charge in [-0.25, -0.2) is 0 Å². The molecule has 0 aliphatic rings. The predicted molar refractivity (Wildman–Crippen MR) is 78.6 cm³/mol. The Morgan fingerprint density at radius 2 is 2.30 bits per heavy atom. The van der Waals surface area contributed by atoms with Crippen LogP contribution in [0.3, 0.4) is 0 Å². The molecule has 1 N–H and O–H groups in total. The van der Waals surface area contributed by atoms with Gasteiger partial charge in [-0.15, -0.1) is 0 Å². The number of rotatable bonds is 7. The summed E-state index contributed by atoms with van der Waals surface area (Å²) in [5.41, 5.74) is 0.557. The van der Waals surface area contributed by atoms with Crippen LogP contribution in [0.4, 0.5) is 0 Å². The van der Waals surface area contributed by atoms with Gasteiger partial charge in [0, 0.05) is 18.7 Å². The largest absolute Gasteiger partial charge is 0.339 e. The maximum absolute atomic E-state index is 6.06. The summed E-state index contributed by atoms with van der Waals surface area (Å²) in [7, 11) is 0. The van der Waals surface area contributed by atoms with Gasteiger partial charge in [0.25, 0.3) is 0 Å². The molecule has 2 rings (SSSR count). The number of aromatic nitrogens is 3. The first-order valence-corrected chi connectivity index (χ1v) is 7.25. The Morgan fingerprint density at radius 3 is 3.05 bits per heavy atom. The van der Waals surface area contributed by atoms with Crippen LogP contribution in [0.15, 0.2) is 22.9 Å². The third kappa shape index (κ3) is 4.02. The standard InChI is InChI=1S/C14H19ClN4O/c1-3-8-16-10(2)6-7-12-18-14(19-20-12)13-11(15)5-4-9-17-13/h4-5,9-10,16H,3,6-8H2,1-2H3. The molecule has 0 aliphatic carbocycles. The second-order valence-corrected chi connectivity index (χ2v) is 5.15. The molecule has 0 aliphatic heterocycles. The smallest absolute Gasteiger partial charge is 0.227 e. The van der Waals surface area contributed by atoms with Crippen LogP contribution >= 0.6 is 11.6 Å². The summed E-state index contributed by atoms with van der Waals surface area (Å²) in [4.78, 5) is 8.51. The topological polar surface area (TPSA) is 63.8 Å². The Morgan fingerprint density at radius 1 is 1.45 bits per heavy atom. The Balaban J connectivity index is 1.94. The molecule has 20 heavy (non-hydrogen) atoms. The van der Waals surface area contributed by atoms with E-state index in [1.165, 1.54) is 0 Å². The molecule has 0 spiro atoms. The van der Waals surface area contributed by atoms with E-state index in [1.807, 2.05) is 0 Å². The maximum Gasteiger partial charge on any atom is 0.227 e. The molecule has 0 saturated heterocycles. The Bertz CT molecular complexity index is 543. The zero-order chi connectivity index (χ0) is 14.4. The Labute approximate surface area is 123 Å². The van der Waals surface area contributed by atoms with Crippen LogP contribution in [0.5, 0.6) is 0 Å². The van der Waals surface area contributed by atoms with E-state index in [0.29, 0.717) is 28.5 Å². The van der Waals surface area contributed by atoms with E-state index in [9.17, 15) is 0 Å². The number of hydrogen-bond acceptors (Lipinski definition) is 5. The van der Waals surface area contributed by atoms with Crippen molar-refractivity contribution in [1.82, 2.24) is 20.4 Å². The molecule has 5 nitrogen and oxygen atoms in total. The molecular weight excluding hydrogens is 276 g/mol. The summed E-state index contributed by atoms with van der Waals surface area (Å²) >= 11 is 6.06. The molecule has 2 heterocycles. The number of hydrogen-bond donors (Lipinski definition) is 1. The van der Waals surface area contributed by atoms with Crippen LogP contribution in [0.1, 0.15) is 32.6 Å². The van der Waals surface area contributed by atoms with Crippen LogP contribution in [0.2, 0.25) is 5.02 Å². The van der Waals surface area contributed by atoms with Crippen molar-refractivity contribution < 1.29 is 4.52 Å². The van der Waals surface area contributed by atoms with Crippen LogP contribution in [0.25, 0.3) is 11.5 Å². The highest BCUT2D eigenvalue weighted by Gasteiger charge is 2.13. The van der Waals surface area contributed by atoms with Gasteiger partial charge >= 0.3 is 0 Å². The van der Waals surface area contributed by atoms with Gasteiger partial charge < -0.3 is 9.84 Å². The fraction of sp³-hybridized carbons (Fsp3) is 0.500. The molecule has 2 aromatic rings. The van der Waals surface area contributed by atoms with E-state index < -0.39 is 0 Å². The maximum atomic E-state index is 6.06. The first kappa shape index (κ1) is 14.9. The zero-order valence-corrected chi connectivity index (χ0v) is 12.5. The Kier molecular flexibility index (Phi) is 5.49. The van der Waals surface area contributed by atoms with Gasteiger partial charge in [0.2, 0.25) is 11.7 Å². The molecule has 2 aromatic heterocycles. The van der Waals surface area contributed by atoms with Crippen LogP contribution < -0.4 is 5.32 Å². The minimum atomic E-state index is 0.434. The summed E-state index contributed by atoms with van der Waals surface area (Å²) in [5.74, 6) is 1.06. The molecule has 0 amide bonds. The van der Waals surface area contributed by atoms with Crippen LogP contribution in [-0.2, 0) is 6.42 Å². The Hall–Kier alpha value is -1.46. The molecule has 1 unspecified atom stereocenters. The molecule has 0 radical (unpaired) electrons. The first-order chi connectivity index (χ1) is 9.70. The van der Waals surface area contributed by atoms with E-state index in [4.69, 9.17) is 16.1 Å². The van der Waals surface area contributed by atoms with Gasteiger partial charge in [0.15, 0.2) is 0 Å². The SMILES string of the molecule is CCCNC(C)CCc1nc(-c2ncccc2Cl)no1. The predicted octanol–water partition coefficient (Wildman–Crippen LogP) is 3.11. The quantitative estimate of drug-likeness (QED) is 0.850. The lowest BCUT2D eigenvalue weighted by Crippen LogP contribution is -2.27. The molecule has 0 saturated carbocycles. The molecule has 6 heteroatoms. The van der Waals surface area contributed by atoms with Gasteiger partial charge in [0.05, 0.1) is 5.02 Å². The monoisotopic (exact) mass is 294 g/mol. The highest BCUT2D eigenvalue weighted by molar-refractivity contribution is 6.32. The fourth-order valence-corrected chi connectivity index (χ4v) is 2.04. The van der Waals surface area contributed by atoms with Gasteiger partial charge in [-0.3, -0.25) is 4.98 Å². The number of nitrogens with zero attached hydrogens (tertiary/aromatic N) is 3. The lowest BCUT2D eigenvalue weighted by molar-refractivity contribution is 0.367. The molecular formula is C14H19ClN4O. The molecule has 0 fully saturated rings. The number of nitrogens with one attached hydrogen (secondary N) is 1. The number of halogens is 1. The van der Waals surface area contributed by atoms with E-state index >= 15 is 0 Å². The minimum Gasteiger partial charge on any atom is -0.339 e. The zero-order valence-electron chi connectivity index (χ0n) is 11.8. The van der Waals surface area contributed by atoms with Crippen molar-refractivity contribution in [1.29, 1.82) is 0 Å². The number of pyridine rings is 1. The highest BCUT2D eigenvalue weighted by Crippen LogP contribution is 2.22. The van der Waals surface area contributed by atoms with Crippen molar-refractivity contribution in [3.8, 4) is 11.5 Å². The van der Waals surface area contributed by atoms with Crippen molar-refractivity contribution in [3.63, 3.8) is 0 Å². The normalized spacial score (nSPS) is 12.6. The molecule has 0 aromatic carbocycles. The lowest BCUT2D eigenvalue weighted by Gasteiger charge is -2.10. The van der Waals surface area contributed by atoms with Gasteiger partial charge in [-0.2, -0.15) is 4.98 Å². The second-order valence-electron chi connectivity index (χ2n) is 4.74. The summed E-state index contributed by atoms with van der Waals surface area (Å²) in [6.45, 7) is 5.34. The number of aryl methyl sites for hydroxylation is 1. The summed E-state index contributed by atoms with van der Waals surface area (Å²) < 4.78 is 5.24. The average molecular weight is 295 g/mol.